The van der Waals surface area contributed by atoms with Gasteiger partial charge in [-0.15, -0.1) is 0 Å². The van der Waals surface area contributed by atoms with E-state index in [1.165, 1.54) is 19.3 Å². The van der Waals surface area contributed by atoms with Crippen LogP contribution in [-0.2, 0) is 0 Å². The zero-order chi connectivity index (χ0) is 8.53. The summed E-state index contributed by atoms with van der Waals surface area (Å²) < 4.78 is 0. The number of nitrogens with one attached hydrogen (secondary N) is 2. The Kier molecular flexibility index (Phi) is 7.26. The van der Waals surface area contributed by atoms with Gasteiger partial charge in [0.2, 0.25) is 0 Å². The Morgan fingerprint density at radius 3 is 2.64 bits per heavy atom. The van der Waals surface area contributed by atoms with Crippen LogP contribution in [0.2, 0.25) is 0 Å². The zero-order valence-corrected chi connectivity index (χ0v) is 7.69. The summed E-state index contributed by atoms with van der Waals surface area (Å²) >= 11 is 0. The van der Waals surface area contributed by atoms with E-state index in [-0.39, 0.29) is 0 Å². The van der Waals surface area contributed by atoms with Crippen molar-refractivity contribution in [3.63, 3.8) is 0 Å². The Morgan fingerprint density at radius 2 is 2.18 bits per heavy atom. The summed E-state index contributed by atoms with van der Waals surface area (Å²) in [6.07, 6.45) is 5.43. The van der Waals surface area contributed by atoms with Gasteiger partial charge >= 0.3 is 0 Å². The molecule has 0 aliphatic heterocycles. The highest BCUT2D eigenvalue weighted by Crippen LogP contribution is 2.00. The molecule has 0 fully saturated rings. The van der Waals surface area contributed by atoms with E-state index < -0.39 is 0 Å². The fraction of sp³-hybridized carbons (Fsp3) is 0.778. The van der Waals surface area contributed by atoms with Crippen molar-refractivity contribution in [3.8, 4) is 0 Å². The maximum Gasteiger partial charge on any atom is 0.0267 e. The minimum absolute atomic E-state index is 0.602. The molecule has 0 radical (unpaired) electrons. The Labute approximate surface area is 70.1 Å². The molecule has 2 N–H and O–H groups in total. The van der Waals surface area contributed by atoms with E-state index in [1.54, 1.807) is 6.20 Å². The maximum absolute atomic E-state index is 3.66. The van der Waals surface area contributed by atoms with Crippen LogP contribution < -0.4 is 10.6 Å². The molecule has 0 spiro atoms. The summed E-state index contributed by atoms with van der Waals surface area (Å²) in [5.74, 6) is 0. The number of hydrogen-bond donors (Lipinski definition) is 2. The van der Waals surface area contributed by atoms with Crippen LogP contribution in [0.3, 0.4) is 0 Å². The van der Waals surface area contributed by atoms with Crippen LogP contribution >= 0.6 is 0 Å². The van der Waals surface area contributed by atoms with E-state index in [4.69, 9.17) is 0 Å². The van der Waals surface area contributed by atoms with Gasteiger partial charge in [-0.1, -0.05) is 19.9 Å². The second kappa shape index (κ2) is 7.61. The SMILES string of the molecule is C=CNC(CCC)CCNC. The second-order valence-electron chi connectivity index (χ2n) is 2.75. The fourth-order valence-electron chi connectivity index (χ4n) is 1.14. The van der Waals surface area contributed by atoms with E-state index in [0.717, 1.165) is 6.54 Å². The molecule has 0 saturated heterocycles. The van der Waals surface area contributed by atoms with Crippen molar-refractivity contribution in [2.24, 2.45) is 0 Å². The van der Waals surface area contributed by atoms with E-state index in [0.29, 0.717) is 6.04 Å². The molecule has 0 saturated carbocycles. The van der Waals surface area contributed by atoms with Gasteiger partial charge in [0.1, 0.15) is 0 Å². The van der Waals surface area contributed by atoms with Gasteiger partial charge in [-0.3, -0.25) is 0 Å². The molecule has 0 aromatic carbocycles. The van der Waals surface area contributed by atoms with Crippen molar-refractivity contribution in [2.45, 2.75) is 32.2 Å². The average Bonchev–Trinajstić information content (AvgIpc) is 2.01. The Hall–Kier alpha value is -0.500. The quantitative estimate of drug-likeness (QED) is 0.583. The highest BCUT2D eigenvalue weighted by atomic mass is 14.9. The zero-order valence-electron chi connectivity index (χ0n) is 7.69. The second-order valence-corrected chi connectivity index (χ2v) is 2.75. The summed E-state index contributed by atoms with van der Waals surface area (Å²) in [4.78, 5) is 0. The highest BCUT2D eigenvalue weighted by Gasteiger charge is 2.02. The summed E-state index contributed by atoms with van der Waals surface area (Å²) in [7, 11) is 1.98. The minimum Gasteiger partial charge on any atom is -0.389 e. The molecular weight excluding hydrogens is 136 g/mol. The largest absolute Gasteiger partial charge is 0.389 e. The molecule has 0 aliphatic rings. The van der Waals surface area contributed by atoms with Gasteiger partial charge in [0.25, 0.3) is 0 Å². The topological polar surface area (TPSA) is 24.1 Å². The fourth-order valence-corrected chi connectivity index (χ4v) is 1.14. The molecule has 2 heteroatoms. The van der Waals surface area contributed by atoms with Crippen LogP contribution in [-0.4, -0.2) is 19.6 Å². The molecule has 0 aromatic rings. The first-order valence-corrected chi connectivity index (χ1v) is 4.36. The first-order valence-electron chi connectivity index (χ1n) is 4.36. The monoisotopic (exact) mass is 156 g/mol. The minimum atomic E-state index is 0.602. The van der Waals surface area contributed by atoms with Gasteiger partial charge in [-0.05, 0) is 32.6 Å². The molecule has 1 unspecified atom stereocenters. The van der Waals surface area contributed by atoms with E-state index in [2.05, 4.69) is 24.1 Å². The third kappa shape index (κ3) is 5.92. The molecule has 0 aromatic heterocycles. The summed E-state index contributed by atoms with van der Waals surface area (Å²) in [5.41, 5.74) is 0. The van der Waals surface area contributed by atoms with Crippen LogP contribution in [0, 0.1) is 0 Å². The Bertz CT molecular complexity index is 91.6. The predicted octanol–water partition coefficient (Wildman–Crippen LogP) is 1.50. The lowest BCUT2D eigenvalue weighted by Gasteiger charge is -2.15. The predicted molar refractivity (Wildman–Crippen MR) is 50.6 cm³/mol. The van der Waals surface area contributed by atoms with Crippen molar-refractivity contribution in [1.82, 2.24) is 10.6 Å². The van der Waals surface area contributed by atoms with Crippen molar-refractivity contribution >= 4 is 0 Å². The van der Waals surface area contributed by atoms with Crippen molar-refractivity contribution < 1.29 is 0 Å². The van der Waals surface area contributed by atoms with Crippen LogP contribution in [0.4, 0.5) is 0 Å². The van der Waals surface area contributed by atoms with Crippen LogP contribution in [0.5, 0.6) is 0 Å². The Balaban J connectivity index is 3.41. The van der Waals surface area contributed by atoms with Gasteiger partial charge < -0.3 is 10.6 Å². The van der Waals surface area contributed by atoms with Crippen molar-refractivity contribution in [3.05, 3.63) is 12.8 Å². The molecule has 0 bridgehead atoms. The molecule has 0 heterocycles. The van der Waals surface area contributed by atoms with E-state index >= 15 is 0 Å². The Morgan fingerprint density at radius 1 is 1.45 bits per heavy atom. The lowest BCUT2D eigenvalue weighted by molar-refractivity contribution is 0.491. The van der Waals surface area contributed by atoms with Gasteiger partial charge in [-0.2, -0.15) is 0 Å². The summed E-state index contributed by atoms with van der Waals surface area (Å²) in [6, 6.07) is 0.602. The molecular formula is C9H20N2. The molecule has 2 nitrogen and oxygen atoms in total. The van der Waals surface area contributed by atoms with Crippen molar-refractivity contribution in [1.29, 1.82) is 0 Å². The summed E-state index contributed by atoms with van der Waals surface area (Å²) in [5, 5.41) is 6.38. The standard InChI is InChI=1S/C9H20N2/c1-4-6-9(11-5-2)7-8-10-3/h5,9-11H,2,4,6-8H2,1,3H3. The first kappa shape index (κ1) is 10.5. The number of hydrogen-bond acceptors (Lipinski definition) is 2. The third-order valence-electron chi connectivity index (χ3n) is 1.73. The molecule has 66 valence electrons. The average molecular weight is 156 g/mol. The summed E-state index contributed by atoms with van der Waals surface area (Å²) in [6.45, 7) is 6.94. The van der Waals surface area contributed by atoms with Crippen molar-refractivity contribution in [2.75, 3.05) is 13.6 Å². The molecule has 11 heavy (non-hydrogen) atoms. The van der Waals surface area contributed by atoms with Gasteiger partial charge in [0.05, 0.1) is 0 Å². The highest BCUT2D eigenvalue weighted by molar-refractivity contribution is 4.74. The van der Waals surface area contributed by atoms with Gasteiger partial charge in [0, 0.05) is 6.04 Å². The molecule has 0 amide bonds. The molecule has 0 rings (SSSR count). The van der Waals surface area contributed by atoms with Crippen LogP contribution in [0.25, 0.3) is 0 Å². The lowest BCUT2D eigenvalue weighted by atomic mass is 10.1. The van der Waals surface area contributed by atoms with Crippen LogP contribution in [0.1, 0.15) is 26.2 Å². The van der Waals surface area contributed by atoms with Crippen LogP contribution in [0.15, 0.2) is 12.8 Å². The van der Waals surface area contributed by atoms with E-state index in [9.17, 15) is 0 Å². The molecule has 1 atom stereocenters. The van der Waals surface area contributed by atoms with E-state index in [1.807, 2.05) is 7.05 Å². The lowest BCUT2D eigenvalue weighted by Crippen LogP contribution is -2.27. The number of rotatable bonds is 7. The normalized spacial score (nSPS) is 12.5. The van der Waals surface area contributed by atoms with Gasteiger partial charge in [0.15, 0.2) is 0 Å². The van der Waals surface area contributed by atoms with Gasteiger partial charge in [-0.25, -0.2) is 0 Å². The smallest absolute Gasteiger partial charge is 0.0267 e. The molecule has 0 aliphatic carbocycles. The first-order chi connectivity index (χ1) is 5.35. The third-order valence-corrected chi connectivity index (χ3v) is 1.73. The maximum atomic E-state index is 3.66.